The van der Waals surface area contributed by atoms with Gasteiger partial charge < -0.3 is 5.32 Å². The zero-order valence-electron chi connectivity index (χ0n) is 7.22. The van der Waals surface area contributed by atoms with E-state index in [1.54, 1.807) is 7.05 Å². The van der Waals surface area contributed by atoms with Crippen molar-refractivity contribution in [2.75, 3.05) is 12.4 Å². The summed E-state index contributed by atoms with van der Waals surface area (Å²) in [6.07, 6.45) is -3.70. The lowest BCUT2D eigenvalue weighted by Crippen LogP contribution is -2.23. The number of anilines is 1. The highest BCUT2D eigenvalue weighted by Gasteiger charge is 2.40. The summed E-state index contributed by atoms with van der Waals surface area (Å²) >= 11 is 0. The van der Waals surface area contributed by atoms with E-state index in [2.05, 4.69) is 10.3 Å². The third kappa shape index (κ3) is 2.21. The normalized spacial score (nSPS) is 11.1. The van der Waals surface area contributed by atoms with Crippen LogP contribution in [0, 0.1) is 0 Å². The summed E-state index contributed by atoms with van der Waals surface area (Å²) in [5, 5.41) is 2.68. The summed E-state index contributed by atoms with van der Waals surface area (Å²) in [4.78, 5) is 14.0. The van der Waals surface area contributed by atoms with Crippen molar-refractivity contribution >= 4 is 11.5 Å². The third-order valence-corrected chi connectivity index (χ3v) is 1.54. The Labute approximate surface area is 78.0 Å². The van der Waals surface area contributed by atoms with Crippen molar-refractivity contribution in [3.8, 4) is 0 Å². The van der Waals surface area contributed by atoms with Crippen LogP contribution in [0.25, 0.3) is 0 Å². The number of carbonyl (C=O) groups excluding carboxylic acids is 1. The minimum Gasteiger partial charge on any atom is -0.387 e. The molecule has 0 spiro atoms. The lowest BCUT2D eigenvalue weighted by molar-refractivity contribution is -0.0888. The summed E-state index contributed by atoms with van der Waals surface area (Å²) in [5.41, 5.74) is -0.0553. The molecule has 14 heavy (non-hydrogen) atoms. The maximum Gasteiger partial charge on any atom is 0.456 e. The van der Waals surface area contributed by atoms with Crippen LogP contribution in [0.1, 0.15) is 10.5 Å². The fourth-order valence-electron chi connectivity index (χ4n) is 0.821. The summed E-state index contributed by atoms with van der Waals surface area (Å²) in [5.74, 6) is -1.93. The van der Waals surface area contributed by atoms with Crippen molar-refractivity contribution < 1.29 is 18.0 Å². The first kappa shape index (κ1) is 10.5. The SMILES string of the molecule is CNc1ccc(C(=O)C(F)(F)F)nc1. The maximum absolute atomic E-state index is 11.9. The average molecular weight is 204 g/mol. The summed E-state index contributed by atoms with van der Waals surface area (Å²) in [6, 6.07) is 2.38. The average Bonchev–Trinajstić information content (AvgIpc) is 2.15. The number of hydrogen-bond acceptors (Lipinski definition) is 3. The summed E-state index contributed by atoms with van der Waals surface area (Å²) < 4.78 is 35.7. The molecule has 0 saturated carbocycles. The highest BCUT2D eigenvalue weighted by molar-refractivity contribution is 5.98. The second kappa shape index (κ2) is 3.65. The number of hydrogen-bond donors (Lipinski definition) is 1. The monoisotopic (exact) mass is 204 g/mol. The van der Waals surface area contributed by atoms with Crippen LogP contribution in [0.15, 0.2) is 18.3 Å². The van der Waals surface area contributed by atoms with Crippen molar-refractivity contribution in [3.05, 3.63) is 24.0 Å². The van der Waals surface area contributed by atoms with Gasteiger partial charge in [0, 0.05) is 7.05 Å². The lowest BCUT2D eigenvalue weighted by atomic mass is 10.2. The van der Waals surface area contributed by atoms with Crippen molar-refractivity contribution in [1.82, 2.24) is 4.98 Å². The molecule has 1 N–H and O–H groups in total. The van der Waals surface area contributed by atoms with Crippen molar-refractivity contribution in [2.24, 2.45) is 0 Å². The van der Waals surface area contributed by atoms with E-state index in [4.69, 9.17) is 0 Å². The van der Waals surface area contributed by atoms with Crippen molar-refractivity contribution in [2.45, 2.75) is 6.18 Å². The van der Waals surface area contributed by atoms with Crippen molar-refractivity contribution in [1.29, 1.82) is 0 Å². The van der Waals surface area contributed by atoms with E-state index < -0.39 is 17.7 Å². The third-order valence-electron chi connectivity index (χ3n) is 1.54. The first-order valence-corrected chi connectivity index (χ1v) is 3.70. The Morgan fingerprint density at radius 3 is 2.43 bits per heavy atom. The predicted molar refractivity (Wildman–Crippen MR) is 44.2 cm³/mol. The Morgan fingerprint density at radius 1 is 1.43 bits per heavy atom. The molecule has 1 rings (SSSR count). The Bertz CT molecular complexity index is 331. The number of nitrogens with zero attached hydrogens (tertiary/aromatic N) is 1. The maximum atomic E-state index is 11.9. The number of nitrogens with one attached hydrogen (secondary N) is 1. The van der Waals surface area contributed by atoms with Gasteiger partial charge in [-0.3, -0.25) is 9.78 Å². The minimum atomic E-state index is -4.87. The molecule has 1 aromatic rings. The molecule has 0 amide bonds. The van der Waals surface area contributed by atoms with Gasteiger partial charge in [-0.1, -0.05) is 0 Å². The second-order valence-corrected chi connectivity index (χ2v) is 2.51. The van der Waals surface area contributed by atoms with E-state index >= 15 is 0 Å². The molecular weight excluding hydrogens is 197 g/mol. The molecule has 0 aliphatic rings. The van der Waals surface area contributed by atoms with Crippen LogP contribution in [0.4, 0.5) is 18.9 Å². The zero-order chi connectivity index (χ0) is 10.8. The van der Waals surface area contributed by atoms with Gasteiger partial charge in [-0.25, -0.2) is 0 Å². The molecule has 0 aliphatic heterocycles. The Balaban J connectivity index is 2.93. The molecule has 1 aromatic heterocycles. The van der Waals surface area contributed by atoms with Gasteiger partial charge in [0.2, 0.25) is 0 Å². The minimum absolute atomic E-state index is 0.545. The van der Waals surface area contributed by atoms with E-state index in [-0.39, 0.29) is 0 Å². The number of ketones is 1. The van der Waals surface area contributed by atoms with Gasteiger partial charge in [-0.05, 0) is 12.1 Å². The van der Waals surface area contributed by atoms with Crippen LogP contribution >= 0.6 is 0 Å². The number of alkyl halides is 3. The van der Waals surface area contributed by atoms with E-state index in [0.717, 1.165) is 6.07 Å². The molecule has 0 radical (unpaired) electrons. The Hall–Kier alpha value is -1.59. The van der Waals surface area contributed by atoms with Crippen LogP contribution in [0.3, 0.4) is 0 Å². The van der Waals surface area contributed by atoms with Crippen molar-refractivity contribution in [3.63, 3.8) is 0 Å². The Kier molecular flexibility index (Phi) is 2.73. The number of pyridine rings is 1. The molecule has 0 bridgehead atoms. The van der Waals surface area contributed by atoms with Gasteiger partial charge in [0.15, 0.2) is 0 Å². The van der Waals surface area contributed by atoms with Crippen LogP contribution in [-0.4, -0.2) is 24.0 Å². The lowest BCUT2D eigenvalue weighted by Gasteiger charge is -2.04. The van der Waals surface area contributed by atoms with E-state index in [0.29, 0.717) is 5.69 Å². The largest absolute Gasteiger partial charge is 0.456 e. The molecule has 0 aromatic carbocycles. The van der Waals surface area contributed by atoms with Gasteiger partial charge >= 0.3 is 6.18 Å². The fourth-order valence-corrected chi connectivity index (χ4v) is 0.821. The van der Waals surface area contributed by atoms with Crippen LogP contribution in [0.5, 0.6) is 0 Å². The highest BCUT2D eigenvalue weighted by atomic mass is 19.4. The number of Topliss-reactive ketones (excluding diaryl/α,β-unsaturated/α-hetero) is 1. The zero-order valence-corrected chi connectivity index (χ0v) is 7.22. The number of halogens is 3. The molecule has 76 valence electrons. The number of aromatic nitrogens is 1. The van der Waals surface area contributed by atoms with Crippen LogP contribution < -0.4 is 5.32 Å². The fraction of sp³-hybridized carbons (Fsp3) is 0.250. The molecule has 0 fully saturated rings. The topological polar surface area (TPSA) is 42.0 Å². The molecule has 1 heterocycles. The molecule has 0 atom stereocenters. The van der Waals surface area contributed by atoms with Gasteiger partial charge in [-0.15, -0.1) is 0 Å². The Morgan fingerprint density at radius 2 is 2.07 bits per heavy atom. The molecule has 0 saturated heterocycles. The van der Waals surface area contributed by atoms with Gasteiger partial charge in [0.05, 0.1) is 11.9 Å². The quantitative estimate of drug-likeness (QED) is 0.747. The van der Waals surface area contributed by atoms with E-state index in [9.17, 15) is 18.0 Å². The molecule has 6 heteroatoms. The van der Waals surface area contributed by atoms with E-state index in [1.807, 2.05) is 0 Å². The molecule has 0 aliphatic carbocycles. The van der Waals surface area contributed by atoms with Gasteiger partial charge in [0.1, 0.15) is 5.69 Å². The first-order valence-electron chi connectivity index (χ1n) is 3.70. The van der Waals surface area contributed by atoms with E-state index in [1.165, 1.54) is 12.3 Å². The van der Waals surface area contributed by atoms with Crippen LogP contribution in [-0.2, 0) is 0 Å². The smallest absolute Gasteiger partial charge is 0.387 e. The first-order chi connectivity index (χ1) is 6.45. The molecule has 3 nitrogen and oxygen atoms in total. The molecular formula is C8H7F3N2O. The number of rotatable bonds is 2. The highest BCUT2D eigenvalue weighted by Crippen LogP contribution is 2.20. The van der Waals surface area contributed by atoms with Gasteiger partial charge in [-0.2, -0.15) is 13.2 Å². The second-order valence-electron chi connectivity index (χ2n) is 2.51. The number of carbonyl (C=O) groups is 1. The molecule has 0 unspecified atom stereocenters. The predicted octanol–water partition coefficient (Wildman–Crippen LogP) is 1.87. The van der Waals surface area contributed by atoms with Crippen LogP contribution in [0.2, 0.25) is 0 Å². The van der Waals surface area contributed by atoms with Gasteiger partial charge in [0.25, 0.3) is 5.78 Å². The summed E-state index contributed by atoms with van der Waals surface area (Å²) in [7, 11) is 1.60. The standard InChI is InChI=1S/C8H7F3N2O/c1-12-5-2-3-6(13-4-5)7(14)8(9,10)11/h2-4,12H,1H3. The summed E-state index contributed by atoms with van der Waals surface area (Å²) in [6.45, 7) is 0.